The summed E-state index contributed by atoms with van der Waals surface area (Å²) < 4.78 is 0. The second-order valence-electron chi connectivity index (χ2n) is 5.51. The van der Waals surface area contributed by atoms with E-state index in [4.69, 9.17) is 11.6 Å². The van der Waals surface area contributed by atoms with E-state index in [1.165, 1.54) is 0 Å². The summed E-state index contributed by atoms with van der Waals surface area (Å²) in [6, 6.07) is 7.23. The van der Waals surface area contributed by atoms with Crippen LogP contribution in [0.4, 0.5) is 0 Å². The van der Waals surface area contributed by atoms with Crippen molar-refractivity contribution in [3.63, 3.8) is 0 Å². The SMILES string of the molecule is CC1(C(=O)O)CCCN1CC(=O)NCc1ccc(Cl)cc1. The van der Waals surface area contributed by atoms with E-state index in [-0.39, 0.29) is 12.5 Å². The van der Waals surface area contributed by atoms with Crippen molar-refractivity contribution in [2.24, 2.45) is 0 Å². The summed E-state index contributed by atoms with van der Waals surface area (Å²) in [5, 5.41) is 12.8. The molecule has 0 aliphatic carbocycles. The molecule has 114 valence electrons. The Morgan fingerprint density at radius 3 is 2.67 bits per heavy atom. The molecule has 1 aromatic rings. The minimum atomic E-state index is -0.933. The fraction of sp³-hybridized carbons (Fsp3) is 0.467. The number of nitrogens with zero attached hydrogens (tertiary/aromatic N) is 1. The number of nitrogens with one attached hydrogen (secondary N) is 1. The van der Waals surface area contributed by atoms with Crippen LogP contribution in [0.2, 0.25) is 5.02 Å². The van der Waals surface area contributed by atoms with E-state index in [0.717, 1.165) is 12.0 Å². The lowest BCUT2D eigenvalue weighted by Gasteiger charge is -2.30. The van der Waals surface area contributed by atoms with Crippen LogP contribution in [0.3, 0.4) is 0 Å². The number of aliphatic carboxylic acids is 1. The predicted octanol–water partition coefficient (Wildman–Crippen LogP) is 1.90. The second kappa shape index (κ2) is 6.45. The van der Waals surface area contributed by atoms with Crippen LogP contribution >= 0.6 is 11.6 Å². The highest BCUT2D eigenvalue weighted by molar-refractivity contribution is 6.30. The molecule has 0 radical (unpaired) electrons. The second-order valence-corrected chi connectivity index (χ2v) is 5.94. The molecule has 1 aliphatic heterocycles. The minimum Gasteiger partial charge on any atom is -0.480 e. The molecule has 1 aliphatic rings. The Kier molecular flexibility index (Phi) is 4.85. The van der Waals surface area contributed by atoms with Gasteiger partial charge in [-0.3, -0.25) is 14.5 Å². The van der Waals surface area contributed by atoms with E-state index in [1.54, 1.807) is 24.0 Å². The first-order valence-corrected chi connectivity index (χ1v) is 7.29. The third-order valence-corrected chi connectivity index (χ3v) is 4.24. The average Bonchev–Trinajstić information content (AvgIpc) is 2.81. The lowest BCUT2D eigenvalue weighted by atomic mass is 9.99. The van der Waals surface area contributed by atoms with Gasteiger partial charge in [-0.05, 0) is 44.0 Å². The molecule has 0 saturated carbocycles. The van der Waals surface area contributed by atoms with Crippen molar-refractivity contribution in [1.82, 2.24) is 10.2 Å². The van der Waals surface area contributed by atoms with Gasteiger partial charge in [0.25, 0.3) is 0 Å². The van der Waals surface area contributed by atoms with Crippen LogP contribution in [0.5, 0.6) is 0 Å². The number of hydrogen-bond acceptors (Lipinski definition) is 3. The first-order chi connectivity index (χ1) is 9.91. The molecule has 6 heteroatoms. The van der Waals surface area contributed by atoms with E-state index < -0.39 is 11.5 Å². The van der Waals surface area contributed by atoms with E-state index in [9.17, 15) is 14.7 Å². The summed E-state index contributed by atoms with van der Waals surface area (Å²) in [6.07, 6.45) is 1.38. The molecule has 1 unspecified atom stereocenters. The van der Waals surface area contributed by atoms with Crippen LogP contribution in [0.15, 0.2) is 24.3 Å². The maximum absolute atomic E-state index is 12.0. The topological polar surface area (TPSA) is 69.6 Å². The molecular weight excluding hydrogens is 292 g/mol. The molecule has 0 spiro atoms. The highest BCUT2D eigenvalue weighted by atomic mass is 35.5. The van der Waals surface area contributed by atoms with Gasteiger partial charge in [0, 0.05) is 11.6 Å². The molecule has 1 saturated heterocycles. The minimum absolute atomic E-state index is 0.108. The highest BCUT2D eigenvalue weighted by Gasteiger charge is 2.43. The first-order valence-electron chi connectivity index (χ1n) is 6.91. The number of hydrogen-bond donors (Lipinski definition) is 2. The molecule has 0 bridgehead atoms. The van der Waals surface area contributed by atoms with E-state index in [1.807, 2.05) is 12.1 Å². The van der Waals surface area contributed by atoms with Crippen molar-refractivity contribution in [2.45, 2.75) is 31.8 Å². The Labute approximate surface area is 128 Å². The Balaban J connectivity index is 1.87. The number of likely N-dealkylation sites (tertiary alicyclic amines) is 1. The summed E-state index contributed by atoms with van der Waals surface area (Å²) in [4.78, 5) is 25.0. The van der Waals surface area contributed by atoms with Crippen molar-refractivity contribution >= 4 is 23.5 Å². The lowest BCUT2D eigenvalue weighted by Crippen LogP contribution is -2.51. The van der Waals surface area contributed by atoms with E-state index in [2.05, 4.69) is 5.32 Å². The maximum atomic E-state index is 12.0. The quantitative estimate of drug-likeness (QED) is 0.871. The number of halogens is 1. The zero-order valence-electron chi connectivity index (χ0n) is 11.9. The third kappa shape index (κ3) is 3.74. The van der Waals surface area contributed by atoms with Crippen LogP contribution < -0.4 is 5.32 Å². The molecule has 0 aromatic heterocycles. The zero-order chi connectivity index (χ0) is 15.5. The smallest absolute Gasteiger partial charge is 0.323 e. The molecule has 1 aromatic carbocycles. The van der Waals surface area contributed by atoms with Gasteiger partial charge in [0.05, 0.1) is 6.54 Å². The predicted molar refractivity (Wildman–Crippen MR) is 80.1 cm³/mol. The number of carbonyl (C=O) groups excluding carboxylic acids is 1. The Morgan fingerprint density at radius 1 is 1.38 bits per heavy atom. The van der Waals surface area contributed by atoms with Crippen molar-refractivity contribution in [3.8, 4) is 0 Å². The fourth-order valence-electron chi connectivity index (χ4n) is 2.55. The Hall–Kier alpha value is -1.59. The average molecular weight is 311 g/mol. The lowest BCUT2D eigenvalue weighted by molar-refractivity contribution is -0.149. The number of rotatable bonds is 5. The van der Waals surface area contributed by atoms with Crippen LogP contribution in [0, 0.1) is 0 Å². The van der Waals surface area contributed by atoms with Gasteiger partial charge in [0.15, 0.2) is 0 Å². The van der Waals surface area contributed by atoms with Gasteiger partial charge in [-0.15, -0.1) is 0 Å². The highest BCUT2D eigenvalue weighted by Crippen LogP contribution is 2.28. The molecule has 21 heavy (non-hydrogen) atoms. The van der Waals surface area contributed by atoms with Gasteiger partial charge >= 0.3 is 5.97 Å². The number of carbonyl (C=O) groups is 2. The van der Waals surface area contributed by atoms with Gasteiger partial charge in [-0.2, -0.15) is 0 Å². The van der Waals surface area contributed by atoms with Gasteiger partial charge in [-0.1, -0.05) is 23.7 Å². The standard InChI is InChI=1S/C15H19ClN2O3/c1-15(14(20)21)7-2-8-18(15)10-13(19)17-9-11-3-5-12(16)6-4-11/h3-6H,2,7-10H2,1H3,(H,17,19)(H,20,21). The number of amides is 1. The van der Waals surface area contributed by atoms with Gasteiger partial charge < -0.3 is 10.4 Å². The van der Waals surface area contributed by atoms with Crippen LogP contribution in [0.25, 0.3) is 0 Å². The van der Waals surface area contributed by atoms with E-state index in [0.29, 0.717) is 24.5 Å². The fourth-order valence-corrected chi connectivity index (χ4v) is 2.67. The number of benzene rings is 1. The molecular formula is C15H19ClN2O3. The molecule has 1 fully saturated rings. The molecule has 1 atom stereocenters. The van der Waals surface area contributed by atoms with Gasteiger partial charge in [0.1, 0.15) is 5.54 Å². The molecule has 2 N–H and O–H groups in total. The van der Waals surface area contributed by atoms with Gasteiger partial charge in [0.2, 0.25) is 5.91 Å². The number of carboxylic acid groups (broad SMARTS) is 1. The first kappa shape index (κ1) is 15.8. The monoisotopic (exact) mass is 310 g/mol. The van der Waals surface area contributed by atoms with E-state index >= 15 is 0 Å². The van der Waals surface area contributed by atoms with Crippen LogP contribution in [-0.4, -0.2) is 40.5 Å². The molecule has 5 nitrogen and oxygen atoms in total. The molecule has 2 rings (SSSR count). The largest absolute Gasteiger partial charge is 0.480 e. The summed E-state index contributed by atoms with van der Waals surface area (Å²) >= 11 is 5.80. The van der Waals surface area contributed by atoms with Crippen molar-refractivity contribution in [2.75, 3.05) is 13.1 Å². The summed E-state index contributed by atoms with van der Waals surface area (Å²) in [5.41, 5.74) is 0.0209. The van der Waals surface area contributed by atoms with Crippen LogP contribution in [0.1, 0.15) is 25.3 Å². The Morgan fingerprint density at radius 2 is 2.05 bits per heavy atom. The maximum Gasteiger partial charge on any atom is 0.323 e. The van der Waals surface area contributed by atoms with Gasteiger partial charge in [-0.25, -0.2) is 0 Å². The van der Waals surface area contributed by atoms with Crippen molar-refractivity contribution < 1.29 is 14.7 Å². The molecule has 1 amide bonds. The third-order valence-electron chi connectivity index (χ3n) is 3.99. The molecule has 1 heterocycles. The van der Waals surface area contributed by atoms with Crippen molar-refractivity contribution in [3.05, 3.63) is 34.9 Å². The number of carboxylic acids is 1. The summed E-state index contributed by atoms with van der Waals surface area (Å²) in [7, 11) is 0. The Bertz CT molecular complexity index is 532. The zero-order valence-corrected chi connectivity index (χ0v) is 12.7. The van der Waals surface area contributed by atoms with Crippen LogP contribution in [-0.2, 0) is 16.1 Å². The normalized spacial score (nSPS) is 22.2. The summed E-state index contributed by atoms with van der Waals surface area (Å²) in [6.45, 7) is 2.83. The van der Waals surface area contributed by atoms with Crippen molar-refractivity contribution in [1.29, 1.82) is 0 Å². The summed E-state index contributed by atoms with van der Waals surface area (Å²) in [5.74, 6) is -1.04.